The molecule has 0 spiro atoms. The Morgan fingerprint density at radius 1 is 1.15 bits per heavy atom. The number of carbonyl (C=O) groups excluding carboxylic acids is 2. The van der Waals surface area contributed by atoms with Crippen molar-refractivity contribution in [2.24, 2.45) is 0 Å². The summed E-state index contributed by atoms with van der Waals surface area (Å²) in [5, 5.41) is 2.02. The van der Waals surface area contributed by atoms with E-state index in [1.807, 2.05) is 30.3 Å². The first-order chi connectivity index (χ1) is 13.1. The van der Waals surface area contributed by atoms with Crippen LogP contribution in [-0.2, 0) is 4.79 Å². The summed E-state index contributed by atoms with van der Waals surface area (Å²) in [6.07, 6.45) is 6.45. The standard InChI is InChI=1S/C19H12N4O2S2/c24-17(13-4-3-8-20-11-13)22-23-18(25)16(27-19(23)26)10-12-7-9-21-15-6-2-1-5-14(12)15/h1-11H,(H,22,24)/b16-10-. The van der Waals surface area contributed by atoms with Crippen LogP contribution in [0.1, 0.15) is 15.9 Å². The molecule has 1 aliphatic rings. The molecule has 1 fully saturated rings. The van der Waals surface area contributed by atoms with Crippen LogP contribution in [0.3, 0.4) is 0 Å². The maximum absolute atomic E-state index is 12.7. The Morgan fingerprint density at radius 3 is 2.81 bits per heavy atom. The predicted octanol–water partition coefficient (Wildman–Crippen LogP) is 3.18. The lowest BCUT2D eigenvalue weighted by molar-refractivity contribution is -0.123. The summed E-state index contributed by atoms with van der Waals surface area (Å²) < 4.78 is 0.266. The summed E-state index contributed by atoms with van der Waals surface area (Å²) in [5.74, 6) is -0.821. The highest BCUT2D eigenvalue weighted by Gasteiger charge is 2.33. The number of rotatable bonds is 3. The molecule has 0 unspecified atom stereocenters. The highest BCUT2D eigenvalue weighted by atomic mass is 32.2. The number of nitrogens with zero attached hydrogens (tertiary/aromatic N) is 3. The van der Waals surface area contributed by atoms with Crippen LogP contribution in [0, 0.1) is 0 Å². The Morgan fingerprint density at radius 2 is 2.00 bits per heavy atom. The fraction of sp³-hybridized carbons (Fsp3) is 0. The zero-order chi connectivity index (χ0) is 18.8. The lowest BCUT2D eigenvalue weighted by Gasteiger charge is -2.15. The summed E-state index contributed by atoms with van der Waals surface area (Å²) in [4.78, 5) is 33.7. The minimum Gasteiger partial charge on any atom is -0.267 e. The van der Waals surface area contributed by atoms with E-state index in [2.05, 4.69) is 15.4 Å². The van der Waals surface area contributed by atoms with Crippen molar-refractivity contribution in [3.8, 4) is 0 Å². The van der Waals surface area contributed by atoms with Crippen LogP contribution in [0.5, 0.6) is 0 Å². The van der Waals surface area contributed by atoms with E-state index in [-0.39, 0.29) is 10.2 Å². The van der Waals surface area contributed by atoms with Gasteiger partial charge in [-0.05, 0) is 48.1 Å². The number of nitrogens with one attached hydrogen (secondary N) is 1. The van der Waals surface area contributed by atoms with Crippen LogP contribution in [-0.4, -0.2) is 31.1 Å². The van der Waals surface area contributed by atoms with Crippen LogP contribution >= 0.6 is 24.0 Å². The molecule has 0 saturated carbocycles. The SMILES string of the molecule is O=C(NN1C(=O)/C(=C/c2ccnc3ccccc23)SC1=S)c1cccnc1. The molecule has 0 aliphatic carbocycles. The molecule has 27 heavy (non-hydrogen) atoms. The highest BCUT2D eigenvalue weighted by Crippen LogP contribution is 2.32. The molecule has 1 aromatic carbocycles. The summed E-state index contributed by atoms with van der Waals surface area (Å²) in [7, 11) is 0. The van der Waals surface area contributed by atoms with Crippen LogP contribution in [0.25, 0.3) is 17.0 Å². The number of para-hydroxylation sites is 1. The van der Waals surface area contributed by atoms with Gasteiger partial charge in [0.25, 0.3) is 11.8 Å². The van der Waals surface area contributed by atoms with Crippen molar-refractivity contribution in [3.63, 3.8) is 0 Å². The largest absolute Gasteiger partial charge is 0.285 e. The Bertz CT molecular complexity index is 1090. The van der Waals surface area contributed by atoms with Crippen molar-refractivity contribution in [1.82, 2.24) is 20.4 Å². The molecule has 0 radical (unpaired) electrons. The van der Waals surface area contributed by atoms with E-state index < -0.39 is 5.91 Å². The number of carbonyl (C=O) groups is 2. The van der Waals surface area contributed by atoms with Gasteiger partial charge in [-0.15, -0.1) is 0 Å². The molecule has 4 rings (SSSR count). The van der Waals surface area contributed by atoms with E-state index >= 15 is 0 Å². The molecule has 8 heteroatoms. The zero-order valence-electron chi connectivity index (χ0n) is 13.8. The van der Waals surface area contributed by atoms with Gasteiger partial charge in [-0.1, -0.05) is 30.0 Å². The van der Waals surface area contributed by atoms with Crippen molar-refractivity contribution in [2.45, 2.75) is 0 Å². The predicted molar refractivity (Wildman–Crippen MR) is 108 cm³/mol. The summed E-state index contributed by atoms with van der Waals surface area (Å²) >= 11 is 6.40. The van der Waals surface area contributed by atoms with Crippen LogP contribution in [0.2, 0.25) is 0 Å². The quantitative estimate of drug-likeness (QED) is 0.545. The van der Waals surface area contributed by atoms with E-state index in [0.717, 1.165) is 33.2 Å². The summed E-state index contributed by atoms with van der Waals surface area (Å²) in [5.41, 5.74) is 4.58. The third kappa shape index (κ3) is 3.44. The van der Waals surface area contributed by atoms with E-state index in [1.165, 1.54) is 6.20 Å². The lowest BCUT2D eigenvalue weighted by atomic mass is 10.1. The number of thiocarbonyl (C=S) groups is 1. The number of hydrogen-bond donors (Lipinski definition) is 1. The lowest BCUT2D eigenvalue weighted by Crippen LogP contribution is -2.44. The Labute approximate surface area is 164 Å². The Kier molecular flexibility index (Phi) is 4.66. The van der Waals surface area contributed by atoms with E-state index in [1.54, 1.807) is 30.6 Å². The minimum absolute atomic E-state index is 0.266. The average molecular weight is 392 g/mol. The van der Waals surface area contributed by atoms with Gasteiger partial charge in [0.05, 0.1) is 16.0 Å². The van der Waals surface area contributed by atoms with Gasteiger partial charge in [0.15, 0.2) is 4.32 Å². The Balaban J connectivity index is 1.61. The number of fused-ring (bicyclic) bond motifs is 1. The summed E-state index contributed by atoms with van der Waals surface area (Å²) in [6.45, 7) is 0. The van der Waals surface area contributed by atoms with Gasteiger partial charge in [-0.2, -0.15) is 5.01 Å². The normalized spacial score (nSPS) is 15.6. The molecule has 0 atom stereocenters. The van der Waals surface area contributed by atoms with E-state index in [0.29, 0.717) is 10.5 Å². The van der Waals surface area contributed by atoms with Gasteiger partial charge in [0.1, 0.15) is 0 Å². The Hall–Kier alpha value is -3.10. The molecule has 1 N–H and O–H groups in total. The number of aromatic nitrogens is 2. The van der Waals surface area contributed by atoms with Crippen LogP contribution in [0.4, 0.5) is 0 Å². The monoisotopic (exact) mass is 392 g/mol. The van der Waals surface area contributed by atoms with Gasteiger partial charge >= 0.3 is 0 Å². The van der Waals surface area contributed by atoms with Gasteiger partial charge in [0, 0.05) is 24.0 Å². The van der Waals surface area contributed by atoms with Gasteiger partial charge in [-0.3, -0.25) is 25.0 Å². The third-order valence-electron chi connectivity index (χ3n) is 3.90. The number of hydrogen-bond acceptors (Lipinski definition) is 6. The highest BCUT2D eigenvalue weighted by molar-refractivity contribution is 8.26. The first kappa shape index (κ1) is 17.3. The second kappa shape index (κ2) is 7.26. The average Bonchev–Trinajstić information content (AvgIpc) is 2.96. The fourth-order valence-electron chi connectivity index (χ4n) is 2.61. The molecule has 0 bridgehead atoms. The van der Waals surface area contributed by atoms with Crippen molar-refractivity contribution >= 4 is 57.1 Å². The van der Waals surface area contributed by atoms with Crippen molar-refractivity contribution in [3.05, 3.63) is 77.1 Å². The number of amides is 2. The fourth-order valence-corrected chi connectivity index (χ4v) is 3.78. The number of pyridine rings is 2. The number of thioether (sulfide) groups is 1. The molecule has 132 valence electrons. The smallest absolute Gasteiger partial charge is 0.267 e. The molecule has 3 aromatic rings. The molecule has 3 heterocycles. The van der Waals surface area contributed by atoms with E-state index in [4.69, 9.17) is 12.2 Å². The summed E-state index contributed by atoms with van der Waals surface area (Å²) in [6, 6.07) is 12.8. The van der Waals surface area contributed by atoms with Crippen molar-refractivity contribution < 1.29 is 9.59 Å². The first-order valence-electron chi connectivity index (χ1n) is 7.96. The third-order valence-corrected chi connectivity index (χ3v) is 5.20. The molecule has 2 amide bonds. The molecular weight excluding hydrogens is 380 g/mol. The number of benzene rings is 1. The van der Waals surface area contributed by atoms with Gasteiger partial charge in [0.2, 0.25) is 0 Å². The van der Waals surface area contributed by atoms with E-state index in [9.17, 15) is 9.59 Å². The zero-order valence-corrected chi connectivity index (χ0v) is 15.5. The molecule has 1 saturated heterocycles. The maximum atomic E-state index is 12.7. The molecule has 1 aliphatic heterocycles. The molecule has 6 nitrogen and oxygen atoms in total. The van der Waals surface area contributed by atoms with Crippen molar-refractivity contribution in [2.75, 3.05) is 0 Å². The van der Waals surface area contributed by atoms with Gasteiger partial charge in [-0.25, -0.2) is 0 Å². The topological polar surface area (TPSA) is 75.2 Å². The number of hydrazine groups is 1. The molecule has 2 aromatic heterocycles. The second-order valence-corrected chi connectivity index (χ2v) is 7.29. The second-order valence-electron chi connectivity index (χ2n) is 5.62. The van der Waals surface area contributed by atoms with Crippen LogP contribution in [0.15, 0.2) is 66.0 Å². The van der Waals surface area contributed by atoms with Crippen molar-refractivity contribution in [1.29, 1.82) is 0 Å². The van der Waals surface area contributed by atoms with Crippen LogP contribution < -0.4 is 5.43 Å². The van der Waals surface area contributed by atoms with Gasteiger partial charge < -0.3 is 0 Å². The minimum atomic E-state index is -0.449. The first-order valence-corrected chi connectivity index (χ1v) is 9.19. The maximum Gasteiger partial charge on any atom is 0.285 e. The molecular formula is C19H12N4O2S2.